The minimum atomic E-state index is -0.0509. The number of carbonyl (C=O) groups is 1. The van der Waals surface area contributed by atoms with Crippen molar-refractivity contribution in [2.24, 2.45) is 7.05 Å². The van der Waals surface area contributed by atoms with Gasteiger partial charge in [-0.15, -0.1) is 0 Å². The Morgan fingerprint density at radius 3 is 3.00 bits per heavy atom. The fourth-order valence-corrected chi connectivity index (χ4v) is 3.44. The molecule has 1 amide bonds. The topological polar surface area (TPSA) is 46.9 Å². The van der Waals surface area contributed by atoms with Crippen molar-refractivity contribution in [3.63, 3.8) is 0 Å². The lowest BCUT2D eigenvalue weighted by atomic mass is 10.1. The monoisotopic (exact) mass is 267 g/mol. The fourth-order valence-electron chi connectivity index (χ4n) is 2.24. The Morgan fingerprint density at radius 2 is 2.44 bits per heavy atom. The molecule has 1 fully saturated rings. The van der Waals surface area contributed by atoms with Gasteiger partial charge in [0.1, 0.15) is 5.69 Å². The molecule has 0 aromatic carbocycles. The van der Waals surface area contributed by atoms with Crippen LogP contribution in [0.3, 0.4) is 0 Å². The highest BCUT2D eigenvalue weighted by molar-refractivity contribution is 8.00. The van der Waals surface area contributed by atoms with Crippen LogP contribution in [0.4, 0.5) is 0 Å². The molecular weight excluding hydrogens is 246 g/mol. The molecule has 1 atom stereocenters. The molecule has 100 valence electrons. The smallest absolute Gasteiger partial charge is 0.271 e. The second-order valence-corrected chi connectivity index (χ2v) is 6.49. The number of carbonyl (C=O) groups excluding carboxylic acids is 1. The standard InChI is InChI=1S/C13H21N3OS/c1-9(2)12-7-11(15-16(12)3)13(17)14-8-10-5-4-6-18-10/h7,9-10H,4-6,8H2,1-3H3,(H,14,17)/t10-/m1/s1. The van der Waals surface area contributed by atoms with Crippen molar-refractivity contribution < 1.29 is 4.79 Å². The van der Waals surface area contributed by atoms with Gasteiger partial charge in [0.05, 0.1) is 0 Å². The van der Waals surface area contributed by atoms with E-state index in [1.165, 1.54) is 18.6 Å². The first kappa shape index (κ1) is 13.5. The summed E-state index contributed by atoms with van der Waals surface area (Å²) in [6, 6.07) is 1.89. The summed E-state index contributed by atoms with van der Waals surface area (Å²) in [6.07, 6.45) is 2.48. The Balaban J connectivity index is 1.93. The molecule has 1 aliphatic heterocycles. The largest absolute Gasteiger partial charge is 0.350 e. The molecule has 4 nitrogen and oxygen atoms in total. The number of aryl methyl sites for hydroxylation is 1. The second kappa shape index (κ2) is 5.78. The van der Waals surface area contributed by atoms with Gasteiger partial charge >= 0.3 is 0 Å². The zero-order valence-corrected chi connectivity index (χ0v) is 12.1. The molecule has 1 N–H and O–H groups in total. The van der Waals surface area contributed by atoms with Crippen molar-refractivity contribution >= 4 is 17.7 Å². The minimum Gasteiger partial charge on any atom is -0.350 e. The molecule has 0 bridgehead atoms. The van der Waals surface area contributed by atoms with Crippen LogP contribution in [0.15, 0.2) is 6.07 Å². The molecule has 1 saturated heterocycles. The molecule has 0 unspecified atom stereocenters. The summed E-state index contributed by atoms with van der Waals surface area (Å²) in [5.74, 6) is 1.56. The Kier molecular flexibility index (Phi) is 4.32. The first-order valence-corrected chi connectivity index (χ1v) is 7.56. The first-order chi connectivity index (χ1) is 8.58. The Hall–Kier alpha value is -0.970. The van der Waals surface area contributed by atoms with E-state index < -0.39 is 0 Å². The zero-order valence-electron chi connectivity index (χ0n) is 11.3. The summed E-state index contributed by atoms with van der Waals surface area (Å²) in [6.45, 7) is 4.97. The average molecular weight is 267 g/mol. The van der Waals surface area contributed by atoms with Crippen LogP contribution in [0.25, 0.3) is 0 Å². The summed E-state index contributed by atoms with van der Waals surface area (Å²) in [7, 11) is 1.89. The van der Waals surface area contributed by atoms with Crippen molar-refractivity contribution in [2.45, 2.75) is 37.9 Å². The van der Waals surface area contributed by atoms with Crippen molar-refractivity contribution in [2.75, 3.05) is 12.3 Å². The maximum atomic E-state index is 12.0. The number of amides is 1. The highest BCUT2D eigenvalue weighted by Crippen LogP contribution is 2.25. The van der Waals surface area contributed by atoms with E-state index in [1.54, 1.807) is 4.68 Å². The van der Waals surface area contributed by atoms with Gasteiger partial charge in [0, 0.05) is 24.5 Å². The number of rotatable bonds is 4. The molecule has 1 aliphatic rings. The highest BCUT2D eigenvalue weighted by atomic mass is 32.2. The molecular formula is C13H21N3OS. The van der Waals surface area contributed by atoms with E-state index in [0.717, 1.165) is 12.2 Å². The molecule has 2 rings (SSSR count). The molecule has 2 heterocycles. The number of aromatic nitrogens is 2. The van der Waals surface area contributed by atoms with Gasteiger partial charge in [0.15, 0.2) is 0 Å². The van der Waals surface area contributed by atoms with Crippen LogP contribution < -0.4 is 5.32 Å². The van der Waals surface area contributed by atoms with Crippen molar-refractivity contribution in [1.29, 1.82) is 0 Å². The highest BCUT2D eigenvalue weighted by Gasteiger charge is 2.18. The van der Waals surface area contributed by atoms with Crippen molar-refractivity contribution in [3.05, 3.63) is 17.5 Å². The maximum absolute atomic E-state index is 12.0. The lowest BCUT2D eigenvalue weighted by molar-refractivity contribution is 0.0948. The Morgan fingerprint density at radius 1 is 1.67 bits per heavy atom. The maximum Gasteiger partial charge on any atom is 0.271 e. The van der Waals surface area contributed by atoms with E-state index in [4.69, 9.17) is 0 Å². The Labute approximate surface area is 113 Å². The van der Waals surface area contributed by atoms with Crippen molar-refractivity contribution in [1.82, 2.24) is 15.1 Å². The SMILES string of the molecule is CC(C)c1cc(C(=O)NC[C@H]2CCCS2)nn1C. The van der Waals surface area contributed by atoms with E-state index in [-0.39, 0.29) is 5.91 Å². The molecule has 0 aliphatic carbocycles. The van der Waals surface area contributed by atoms with Crippen LogP contribution in [0.1, 0.15) is 48.8 Å². The van der Waals surface area contributed by atoms with Gasteiger partial charge in [0.25, 0.3) is 5.91 Å². The number of nitrogens with zero attached hydrogens (tertiary/aromatic N) is 2. The van der Waals surface area contributed by atoms with E-state index in [1.807, 2.05) is 24.9 Å². The van der Waals surface area contributed by atoms with Crippen LogP contribution in [-0.2, 0) is 7.05 Å². The summed E-state index contributed by atoms with van der Waals surface area (Å²) in [5.41, 5.74) is 1.62. The molecule has 0 saturated carbocycles. The minimum absolute atomic E-state index is 0.0509. The predicted octanol–water partition coefficient (Wildman–Crippen LogP) is 2.17. The van der Waals surface area contributed by atoms with Crippen LogP contribution in [-0.4, -0.2) is 33.2 Å². The third-order valence-corrected chi connectivity index (χ3v) is 4.65. The lowest BCUT2D eigenvalue weighted by Gasteiger charge is -2.08. The van der Waals surface area contributed by atoms with Gasteiger partial charge in [0.2, 0.25) is 0 Å². The van der Waals surface area contributed by atoms with Gasteiger partial charge in [-0.25, -0.2) is 0 Å². The summed E-state index contributed by atoms with van der Waals surface area (Å²) >= 11 is 1.95. The number of hydrogen-bond acceptors (Lipinski definition) is 3. The second-order valence-electron chi connectivity index (χ2n) is 5.08. The third kappa shape index (κ3) is 3.07. The molecule has 5 heteroatoms. The predicted molar refractivity (Wildman–Crippen MR) is 75.1 cm³/mol. The average Bonchev–Trinajstić information content (AvgIpc) is 2.94. The normalized spacial score (nSPS) is 19.4. The van der Waals surface area contributed by atoms with Crippen molar-refractivity contribution in [3.8, 4) is 0 Å². The van der Waals surface area contributed by atoms with Gasteiger partial charge in [-0.05, 0) is 30.6 Å². The molecule has 0 radical (unpaired) electrons. The van der Waals surface area contributed by atoms with Crippen LogP contribution in [0.2, 0.25) is 0 Å². The summed E-state index contributed by atoms with van der Waals surface area (Å²) < 4.78 is 1.80. The van der Waals surface area contributed by atoms with Crippen LogP contribution in [0.5, 0.6) is 0 Å². The number of thioether (sulfide) groups is 1. The van der Waals surface area contributed by atoms with Gasteiger partial charge < -0.3 is 5.32 Å². The van der Waals surface area contributed by atoms with E-state index in [0.29, 0.717) is 16.9 Å². The lowest BCUT2D eigenvalue weighted by Crippen LogP contribution is -2.30. The van der Waals surface area contributed by atoms with Gasteiger partial charge in [-0.1, -0.05) is 13.8 Å². The summed E-state index contributed by atoms with van der Waals surface area (Å²) in [4.78, 5) is 12.0. The quantitative estimate of drug-likeness (QED) is 0.909. The fraction of sp³-hybridized carbons (Fsp3) is 0.692. The van der Waals surface area contributed by atoms with Gasteiger partial charge in [-0.3, -0.25) is 9.48 Å². The molecule has 0 spiro atoms. The Bertz CT molecular complexity index is 422. The summed E-state index contributed by atoms with van der Waals surface area (Å²) in [5, 5.41) is 7.85. The zero-order chi connectivity index (χ0) is 13.1. The third-order valence-electron chi connectivity index (χ3n) is 3.25. The van der Waals surface area contributed by atoms with E-state index in [2.05, 4.69) is 24.3 Å². The molecule has 1 aromatic heterocycles. The van der Waals surface area contributed by atoms with Gasteiger partial charge in [-0.2, -0.15) is 16.9 Å². The number of hydrogen-bond donors (Lipinski definition) is 1. The molecule has 1 aromatic rings. The first-order valence-electron chi connectivity index (χ1n) is 6.51. The van der Waals surface area contributed by atoms with Crippen LogP contribution in [0, 0.1) is 0 Å². The van der Waals surface area contributed by atoms with Crippen LogP contribution >= 0.6 is 11.8 Å². The molecule has 18 heavy (non-hydrogen) atoms. The number of nitrogens with one attached hydrogen (secondary N) is 1. The van der Waals surface area contributed by atoms with E-state index >= 15 is 0 Å². The van der Waals surface area contributed by atoms with E-state index in [9.17, 15) is 4.79 Å².